The Hall–Kier alpha value is -2.01. The molecule has 4 nitrogen and oxygen atoms in total. The van der Waals surface area contributed by atoms with Crippen molar-refractivity contribution in [3.05, 3.63) is 52.6 Å². The predicted octanol–water partition coefficient (Wildman–Crippen LogP) is 2.83. The van der Waals surface area contributed by atoms with Gasteiger partial charge in [0.1, 0.15) is 5.82 Å². The van der Waals surface area contributed by atoms with Crippen molar-refractivity contribution in [1.29, 1.82) is 0 Å². The molecule has 0 spiro atoms. The molecule has 1 heterocycles. The van der Waals surface area contributed by atoms with Gasteiger partial charge in [-0.05, 0) is 30.7 Å². The first-order valence-corrected chi connectivity index (χ1v) is 5.51. The fourth-order valence-electron chi connectivity index (χ4n) is 1.40. The van der Waals surface area contributed by atoms with Crippen LogP contribution in [0.4, 0.5) is 10.1 Å². The minimum absolute atomic E-state index is 0.0713. The molecule has 18 heavy (non-hydrogen) atoms. The van der Waals surface area contributed by atoms with Crippen molar-refractivity contribution in [1.82, 2.24) is 10.2 Å². The molecular weight excluding hydrogens is 257 g/mol. The summed E-state index contributed by atoms with van der Waals surface area (Å²) in [7, 11) is 0. The summed E-state index contributed by atoms with van der Waals surface area (Å²) in [6.07, 6.45) is 0. The topological polar surface area (TPSA) is 54.9 Å². The highest BCUT2D eigenvalue weighted by atomic mass is 35.5. The molecule has 0 unspecified atom stereocenters. The number of nitrogens with zero attached hydrogens (tertiary/aromatic N) is 2. The first kappa shape index (κ1) is 12.4. The maximum Gasteiger partial charge on any atom is 0.276 e. The lowest BCUT2D eigenvalue weighted by Crippen LogP contribution is -2.16. The SMILES string of the molecule is Cc1cccc(F)c1NC(=O)c1ccc(Cl)nn1. The van der Waals surface area contributed by atoms with Crippen LogP contribution in [0.2, 0.25) is 5.15 Å². The van der Waals surface area contributed by atoms with Crippen LogP contribution in [0.5, 0.6) is 0 Å². The standard InChI is InChI=1S/C12H9ClFN3O/c1-7-3-2-4-8(14)11(7)15-12(18)9-5-6-10(13)17-16-9/h2-6H,1H3,(H,15,18). The molecule has 1 aromatic carbocycles. The highest BCUT2D eigenvalue weighted by Crippen LogP contribution is 2.19. The zero-order valence-electron chi connectivity index (χ0n) is 9.45. The van der Waals surface area contributed by atoms with Gasteiger partial charge in [-0.2, -0.15) is 0 Å². The Kier molecular flexibility index (Phi) is 3.53. The van der Waals surface area contributed by atoms with Crippen LogP contribution in [0.3, 0.4) is 0 Å². The molecule has 2 aromatic rings. The number of aromatic nitrogens is 2. The molecule has 0 fully saturated rings. The number of hydrogen-bond acceptors (Lipinski definition) is 3. The summed E-state index contributed by atoms with van der Waals surface area (Å²) < 4.78 is 13.5. The van der Waals surface area contributed by atoms with Crippen LogP contribution in [0, 0.1) is 12.7 Å². The number of carbonyl (C=O) groups is 1. The van der Waals surface area contributed by atoms with Crippen LogP contribution in [0.25, 0.3) is 0 Å². The van der Waals surface area contributed by atoms with Crippen molar-refractivity contribution in [2.24, 2.45) is 0 Å². The molecule has 92 valence electrons. The Bertz CT molecular complexity index is 566. The summed E-state index contributed by atoms with van der Waals surface area (Å²) >= 11 is 5.56. The smallest absolute Gasteiger partial charge is 0.276 e. The third-order valence-electron chi connectivity index (χ3n) is 2.33. The van der Waals surface area contributed by atoms with E-state index in [0.29, 0.717) is 5.56 Å². The van der Waals surface area contributed by atoms with Crippen LogP contribution in [-0.4, -0.2) is 16.1 Å². The molecule has 0 saturated carbocycles. The van der Waals surface area contributed by atoms with Crippen LogP contribution in [0.1, 0.15) is 16.1 Å². The lowest BCUT2D eigenvalue weighted by atomic mass is 10.2. The van der Waals surface area contributed by atoms with E-state index in [1.165, 1.54) is 18.2 Å². The molecule has 0 aliphatic heterocycles. The van der Waals surface area contributed by atoms with Gasteiger partial charge in [-0.3, -0.25) is 4.79 Å². The Balaban J connectivity index is 2.24. The van der Waals surface area contributed by atoms with Gasteiger partial charge in [0.2, 0.25) is 0 Å². The van der Waals surface area contributed by atoms with Crippen LogP contribution in [-0.2, 0) is 0 Å². The summed E-state index contributed by atoms with van der Waals surface area (Å²) in [5.41, 5.74) is 0.839. The molecule has 1 N–H and O–H groups in total. The first-order valence-electron chi connectivity index (χ1n) is 5.13. The number of aryl methyl sites for hydroxylation is 1. The number of hydrogen-bond donors (Lipinski definition) is 1. The maximum atomic E-state index is 13.5. The van der Waals surface area contributed by atoms with E-state index in [1.54, 1.807) is 19.1 Å². The number of amides is 1. The minimum atomic E-state index is -0.535. The van der Waals surface area contributed by atoms with E-state index in [0.717, 1.165) is 0 Å². The van der Waals surface area contributed by atoms with Gasteiger partial charge < -0.3 is 5.32 Å². The third kappa shape index (κ3) is 2.62. The molecule has 1 amide bonds. The van der Waals surface area contributed by atoms with Gasteiger partial charge in [-0.25, -0.2) is 4.39 Å². The number of rotatable bonds is 2. The van der Waals surface area contributed by atoms with Gasteiger partial charge in [0.25, 0.3) is 5.91 Å². The van der Waals surface area contributed by atoms with E-state index < -0.39 is 11.7 Å². The molecule has 6 heteroatoms. The quantitative estimate of drug-likeness (QED) is 0.908. The van der Waals surface area contributed by atoms with E-state index in [4.69, 9.17) is 11.6 Å². The van der Waals surface area contributed by atoms with Crippen LogP contribution in [0.15, 0.2) is 30.3 Å². The number of carbonyl (C=O) groups excluding carboxylic acids is 1. The van der Waals surface area contributed by atoms with Crippen molar-refractivity contribution in [3.63, 3.8) is 0 Å². The molecule has 0 aliphatic carbocycles. The number of halogens is 2. The maximum absolute atomic E-state index is 13.5. The largest absolute Gasteiger partial charge is 0.318 e. The molecule has 1 aromatic heterocycles. The second kappa shape index (κ2) is 5.10. The lowest BCUT2D eigenvalue weighted by Gasteiger charge is -2.08. The molecule has 0 aliphatic rings. The zero-order valence-corrected chi connectivity index (χ0v) is 10.2. The van der Waals surface area contributed by atoms with Crippen molar-refractivity contribution in [2.45, 2.75) is 6.92 Å². The molecule has 0 saturated heterocycles. The van der Waals surface area contributed by atoms with Gasteiger partial charge in [-0.1, -0.05) is 23.7 Å². The summed E-state index contributed by atoms with van der Waals surface area (Å²) in [5, 5.41) is 9.81. The van der Waals surface area contributed by atoms with Crippen LogP contribution < -0.4 is 5.32 Å². The first-order chi connectivity index (χ1) is 8.58. The number of nitrogens with one attached hydrogen (secondary N) is 1. The van der Waals surface area contributed by atoms with Gasteiger partial charge in [-0.15, -0.1) is 10.2 Å². The second-order valence-electron chi connectivity index (χ2n) is 3.63. The van der Waals surface area contributed by atoms with Crippen molar-refractivity contribution >= 4 is 23.2 Å². The van der Waals surface area contributed by atoms with Gasteiger partial charge in [0, 0.05) is 0 Å². The van der Waals surface area contributed by atoms with Crippen LogP contribution >= 0.6 is 11.6 Å². The molecule has 0 radical (unpaired) electrons. The number of para-hydroxylation sites is 1. The Morgan fingerprint density at radius 3 is 2.67 bits per heavy atom. The molecular formula is C12H9ClFN3O. The van der Waals surface area contributed by atoms with Gasteiger partial charge in [0.05, 0.1) is 5.69 Å². The fraction of sp³-hybridized carbons (Fsp3) is 0.0833. The van der Waals surface area contributed by atoms with Crippen molar-refractivity contribution < 1.29 is 9.18 Å². The van der Waals surface area contributed by atoms with Gasteiger partial charge in [0.15, 0.2) is 10.8 Å². The number of anilines is 1. The van der Waals surface area contributed by atoms with E-state index in [9.17, 15) is 9.18 Å². The van der Waals surface area contributed by atoms with Crippen molar-refractivity contribution in [3.8, 4) is 0 Å². The van der Waals surface area contributed by atoms with Gasteiger partial charge >= 0.3 is 0 Å². The normalized spacial score (nSPS) is 10.2. The summed E-state index contributed by atoms with van der Waals surface area (Å²) in [5.74, 6) is -1.03. The van der Waals surface area contributed by atoms with E-state index in [2.05, 4.69) is 15.5 Å². The third-order valence-corrected chi connectivity index (χ3v) is 2.53. The fourth-order valence-corrected chi connectivity index (χ4v) is 1.51. The minimum Gasteiger partial charge on any atom is -0.318 e. The summed E-state index contributed by atoms with van der Waals surface area (Å²) in [6, 6.07) is 7.41. The Morgan fingerprint density at radius 2 is 2.06 bits per heavy atom. The second-order valence-corrected chi connectivity index (χ2v) is 4.01. The van der Waals surface area contributed by atoms with E-state index in [-0.39, 0.29) is 16.5 Å². The predicted molar refractivity (Wildman–Crippen MR) is 66.1 cm³/mol. The average Bonchev–Trinajstić information content (AvgIpc) is 2.34. The monoisotopic (exact) mass is 265 g/mol. The molecule has 0 atom stereocenters. The van der Waals surface area contributed by atoms with Crippen molar-refractivity contribution in [2.75, 3.05) is 5.32 Å². The highest BCUT2D eigenvalue weighted by Gasteiger charge is 2.12. The summed E-state index contributed by atoms with van der Waals surface area (Å²) in [6.45, 7) is 1.70. The lowest BCUT2D eigenvalue weighted by molar-refractivity contribution is 0.102. The zero-order chi connectivity index (χ0) is 13.1. The molecule has 0 bridgehead atoms. The average molecular weight is 266 g/mol. The number of benzene rings is 1. The Morgan fingerprint density at radius 1 is 1.28 bits per heavy atom. The van der Waals surface area contributed by atoms with E-state index >= 15 is 0 Å². The Labute approximate surface area is 108 Å². The molecule has 2 rings (SSSR count). The van der Waals surface area contributed by atoms with E-state index in [1.807, 2.05) is 0 Å². The highest BCUT2D eigenvalue weighted by molar-refractivity contribution is 6.29. The summed E-state index contributed by atoms with van der Waals surface area (Å²) in [4.78, 5) is 11.8.